The largest absolute Gasteiger partial charge is 0.362 e. The zero-order valence-electron chi connectivity index (χ0n) is 13.8. The van der Waals surface area contributed by atoms with E-state index in [0.717, 1.165) is 17.9 Å². The summed E-state index contributed by atoms with van der Waals surface area (Å²) in [6.45, 7) is 6.56. The third-order valence-corrected chi connectivity index (χ3v) is 5.96. The van der Waals surface area contributed by atoms with E-state index in [1.165, 1.54) is 22.1 Å². The second-order valence-electron chi connectivity index (χ2n) is 6.37. The van der Waals surface area contributed by atoms with Crippen LogP contribution in [0.4, 0.5) is 0 Å². The first kappa shape index (κ1) is 14.8. The van der Waals surface area contributed by atoms with Gasteiger partial charge in [0.15, 0.2) is 5.17 Å². The number of rotatable bonds is 3. The monoisotopic (exact) mass is 326 g/mol. The predicted molar refractivity (Wildman–Crippen MR) is 95.8 cm³/mol. The lowest BCUT2D eigenvalue weighted by Crippen LogP contribution is -2.35. The van der Waals surface area contributed by atoms with Gasteiger partial charge in [-0.2, -0.15) is 0 Å². The molecule has 0 unspecified atom stereocenters. The van der Waals surface area contributed by atoms with E-state index in [0.29, 0.717) is 6.04 Å². The summed E-state index contributed by atoms with van der Waals surface area (Å²) >= 11 is 1.89. The van der Waals surface area contributed by atoms with Gasteiger partial charge in [0.2, 0.25) is 0 Å². The first-order valence-electron chi connectivity index (χ1n) is 8.25. The van der Waals surface area contributed by atoms with Crippen LogP contribution in [0, 0.1) is 13.8 Å². The maximum absolute atomic E-state index is 5.06. The van der Waals surface area contributed by atoms with E-state index in [1.807, 2.05) is 24.0 Å². The van der Waals surface area contributed by atoms with Gasteiger partial charge in [0.1, 0.15) is 6.04 Å². The van der Waals surface area contributed by atoms with Crippen LogP contribution in [-0.4, -0.2) is 31.8 Å². The number of amidine groups is 1. The van der Waals surface area contributed by atoms with E-state index in [-0.39, 0.29) is 12.1 Å². The van der Waals surface area contributed by atoms with Crippen molar-refractivity contribution in [2.75, 3.05) is 5.75 Å². The number of pyridine rings is 1. The number of hydrogen-bond acceptors (Lipinski definition) is 4. The van der Waals surface area contributed by atoms with Crippen molar-refractivity contribution in [3.05, 3.63) is 53.1 Å². The Balaban J connectivity index is 1.82. The summed E-state index contributed by atoms with van der Waals surface area (Å²) in [6.07, 6.45) is 3.02. The normalized spacial score (nSPS) is 26.5. The number of aromatic nitrogens is 2. The average molecular weight is 326 g/mol. The van der Waals surface area contributed by atoms with Crippen LogP contribution in [0.2, 0.25) is 0 Å². The molecule has 5 heteroatoms. The zero-order valence-corrected chi connectivity index (χ0v) is 14.6. The number of hydrogen-bond donors (Lipinski definition) is 1. The standard InChI is InChI=1S/C18H22N4S/c1-4-13-10-23-18-21-16(15-7-5-6-8-19-15)17(22(13)18)14-9-11(2)20-12(14)3/h5-9,13,16-17,20H,4,10H2,1-3H3/t13-,16+,17-/m1/s1. The van der Waals surface area contributed by atoms with Crippen LogP contribution >= 0.6 is 11.8 Å². The number of fused-ring (bicyclic) bond motifs is 1. The van der Waals surface area contributed by atoms with E-state index in [4.69, 9.17) is 4.99 Å². The third-order valence-electron chi connectivity index (χ3n) is 4.84. The topological polar surface area (TPSA) is 44.3 Å². The molecule has 23 heavy (non-hydrogen) atoms. The minimum atomic E-state index is 0.0851. The minimum Gasteiger partial charge on any atom is -0.362 e. The Hall–Kier alpha value is -1.75. The fourth-order valence-corrected chi connectivity index (χ4v) is 5.08. The van der Waals surface area contributed by atoms with E-state index in [1.54, 1.807) is 0 Å². The molecule has 4 nitrogen and oxygen atoms in total. The highest BCUT2D eigenvalue weighted by Crippen LogP contribution is 2.49. The number of aromatic amines is 1. The lowest BCUT2D eigenvalue weighted by Gasteiger charge is -2.31. The molecular formula is C18H22N4S. The summed E-state index contributed by atoms with van der Waals surface area (Å²) in [5.41, 5.74) is 4.88. The van der Waals surface area contributed by atoms with Crippen molar-refractivity contribution in [2.45, 2.75) is 45.3 Å². The molecule has 0 spiro atoms. The summed E-state index contributed by atoms with van der Waals surface area (Å²) in [4.78, 5) is 15.7. The second kappa shape index (κ2) is 5.71. The minimum absolute atomic E-state index is 0.0851. The lowest BCUT2D eigenvalue weighted by molar-refractivity contribution is 0.254. The van der Waals surface area contributed by atoms with Crippen LogP contribution < -0.4 is 0 Å². The molecule has 1 saturated heterocycles. The number of nitrogens with zero attached hydrogens (tertiary/aromatic N) is 3. The summed E-state index contributed by atoms with van der Waals surface area (Å²) in [5.74, 6) is 1.14. The molecule has 2 aromatic rings. The summed E-state index contributed by atoms with van der Waals surface area (Å²) in [7, 11) is 0. The van der Waals surface area contributed by atoms with Crippen molar-refractivity contribution in [1.82, 2.24) is 14.9 Å². The molecule has 0 aromatic carbocycles. The molecule has 0 radical (unpaired) electrons. The quantitative estimate of drug-likeness (QED) is 0.927. The van der Waals surface area contributed by atoms with Gasteiger partial charge in [0.05, 0.1) is 11.7 Å². The third kappa shape index (κ3) is 2.38. The van der Waals surface area contributed by atoms with E-state index >= 15 is 0 Å². The summed E-state index contributed by atoms with van der Waals surface area (Å²) in [5, 5.41) is 1.19. The van der Waals surface area contributed by atoms with Crippen LogP contribution in [0.15, 0.2) is 35.5 Å². The smallest absolute Gasteiger partial charge is 0.160 e. The highest BCUT2D eigenvalue weighted by atomic mass is 32.2. The van der Waals surface area contributed by atoms with Gasteiger partial charge in [-0.1, -0.05) is 24.8 Å². The first-order valence-corrected chi connectivity index (χ1v) is 9.23. The molecule has 0 aliphatic carbocycles. The molecule has 4 rings (SSSR count). The first-order chi connectivity index (χ1) is 11.2. The van der Waals surface area contributed by atoms with Gasteiger partial charge in [0.25, 0.3) is 0 Å². The van der Waals surface area contributed by atoms with Gasteiger partial charge >= 0.3 is 0 Å². The van der Waals surface area contributed by atoms with Gasteiger partial charge in [-0.25, -0.2) is 0 Å². The fourth-order valence-electron chi connectivity index (χ4n) is 3.74. The Morgan fingerprint density at radius 1 is 1.35 bits per heavy atom. The highest BCUT2D eigenvalue weighted by molar-refractivity contribution is 8.14. The lowest BCUT2D eigenvalue weighted by atomic mass is 9.95. The Labute approximate surface area is 141 Å². The van der Waals surface area contributed by atoms with Crippen LogP contribution in [-0.2, 0) is 0 Å². The predicted octanol–water partition coefficient (Wildman–Crippen LogP) is 4.01. The molecule has 1 N–H and O–H groups in total. The van der Waals surface area contributed by atoms with Crippen LogP contribution in [0.3, 0.4) is 0 Å². The Morgan fingerprint density at radius 2 is 2.22 bits per heavy atom. The van der Waals surface area contributed by atoms with Gasteiger partial charge < -0.3 is 9.88 Å². The molecule has 2 aromatic heterocycles. The molecule has 3 atom stereocenters. The number of aliphatic imine (C=N–C) groups is 1. The zero-order chi connectivity index (χ0) is 16.0. The SMILES string of the molecule is CC[C@@H]1CSC2=N[C@@H](c3ccccn3)[C@@H](c3cc(C)[nH]c3C)N21. The maximum atomic E-state index is 5.06. The van der Waals surface area contributed by atoms with Crippen LogP contribution in [0.25, 0.3) is 0 Å². The Morgan fingerprint density at radius 3 is 2.87 bits per heavy atom. The second-order valence-corrected chi connectivity index (χ2v) is 7.36. The average Bonchev–Trinajstić information content (AvgIpc) is 3.21. The molecule has 2 aliphatic rings. The van der Waals surface area contributed by atoms with E-state index < -0.39 is 0 Å². The van der Waals surface area contributed by atoms with Crippen molar-refractivity contribution >= 4 is 16.9 Å². The molecule has 120 valence electrons. The van der Waals surface area contributed by atoms with Gasteiger partial charge in [-0.15, -0.1) is 0 Å². The van der Waals surface area contributed by atoms with Crippen LogP contribution in [0.1, 0.15) is 48.1 Å². The van der Waals surface area contributed by atoms with E-state index in [2.05, 4.69) is 53.8 Å². The highest BCUT2D eigenvalue weighted by Gasteiger charge is 2.46. The van der Waals surface area contributed by atoms with Crippen molar-refractivity contribution in [2.24, 2.45) is 4.99 Å². The molecule has 1 fully saturated rings. The summed E-state index contributed by atoms with van der Waals surface area (Å²) < 4.78 is 0. The number of H-pyrrole nitrogens is 1. The summed E-state index contributed by atoms with van der Waals surface area (Å²) in [6, 6.07) is 9.31. The van der Waals surface area contributed by atoms with Crippen LogP contribution in [0.5, 0.6) is 0 Å². The van der Waals surface area contributed by atoms with Crippen molar-refractivity contribution in [3.63, 3.8) is 0 Å². The van der Waals surface area contributed by atoms with Crippen molar-refractivity contribution in [1.29, 1.82) is 0 Å². The van der Waals surface area contributed by atoms with E-state index in [9.17, 15) is 0 Å². The number of thioether (sulfide) groups is 1. The molecule has 2 aliphatic heterocycles. The molecule has 0 bridgehead atoms. The van der Waals surface area contributed by atoms with Gasteiger partial charge in [0, 0.05) is 29.4 Å². The van der Waals surface area contributed by atoms with Crippen molar-refractivity contribution < 1.29 is 0 Å². The molecule has 0 amide bonds. The molecule has 4 heterocycles. The van der Waals surface area contributed by atoms with Gasteiger partial charge in [-0.05, 0) is 44.0 Å². The van der Waals surface area contributed by atoms with Crippen molar-refractivity contribution in [3.8, 4) is 0 Å². The number of nitrogens with one attached hydrogen (secondary N) is 1. The Bertz CT molecular complexity index is 737. The molecular weight excluding hydrogens is 304 g/mol. The fraction of sp³-hybridized carbons (Fsp3) is 0.444. The Kier molecular flexibility index (Phi) is 3.68. The van der Waals surface area contributed by atoms with Gasteiger partial charge in [-0.3, -0.25) is 9.98 Å². The number of aryl methyl sites for hydroxylation is 2. The maximum Gasteiger partial charge on any atom is 0.160 e. The molecule has 0 saturated carbocycles.